The van der Waals surface area contributed by atoms with Crippen LogP contribution in [-0.4, -0.2) is 38.1 Å². The zero-order valence-corrected chi connectivity index (χ0v) is 18.3. The molecule has 1 amide bonds. The lowest BCUT2D eigenvalue weighted by Crippen LogP contribution is -2.45. The highest BCUT2D eigenvalue weighted by molar-refractivity contribution is 14.0. The van der Waals surface area contributed by atoms with Gasteiger partial charge in [-0.05, 0) is 18.9 Å². The molecule has 1 aromatic rings. The Morgan fingerprint density at radius 2 is 2.00 bits per heavy atom. The molecule has 0 bridgehead atoms. The fourth-order valence-electron chi connectivity index (χ4n) is 3.03. The van der Waals surface area contributed by atoms with Gasteiger partial charge in [-0.1, -0.05) is 50.1 Å². The van der Waals surface area contributed by atoms with Crippen molar-refractivity contribution in [3.05, 3.63) is 42.5 Å². The third kappa shape index (κ3) is 8.64. The van der Waals surface area contributed by atoms with Crippen molar-refractivity contribution in [1.29, 1.82) is 0 Å². The highest BCUT2D eigenvalue weighted by Crippen LogP contribution is 2.18. The first-order valence-electron chi connectivity index (χ1n) is 9.28. The van der Waals surface area contributed by atoms with Crippen LogP contribution in [0.15, 0.2) is 41.9 Å². The van der Waals surface area contributed by atoms with Gasteiger partial charge in [0.05, 0.1) is 6.54 Å². The Kier molecular flexibility index (Phi) is 11.6. The van der Waals surface area contributed by atoms with Gasteiger partial charge in [0.2, 0.25) is 5.91 Å². The quantitative estimate of drug-likeness (QED) is 0.229. The van der Waals surface area contributed by atoms with Gasteiger partial charge in [-0.15, -0.1) is 24.0 Å². The normalized spacial score (nSPS) is 14.6. The van der Waals surface area contributed by atoms with Gasteiger partial charge in [-0.3, -0.25) is 9.79 Å². The Morgan fingerprint density at radius 3 is 2.70 bits per heavy atom. The summed E-state index contributed by atoms with van der Waals surface area (Å²) >= 11 is 0. The van der Waals surface area contributed by atoms with Crippen LogP contribution in [0.2, 0.25) is 0 Å². The average Bonchev–Trinajstić information content (AvgIpc) is 2.68. The van der Waals surface area contributed by atoms with E-state index in [2.05, 4.69) is 27.5 Å². The predicted molar refractivity (Wildman–Crippen MR) is 121 cm³/mol. The molecule has 1 saturated carbocycles. The van der Waals surface area contributed by atoms with Crippen molar-refractivity contribution in [2.45, 2.75) is 44.7 Å². The van der Waals surface area contributed by atoms with Crippen LogP contribution in [0.25, 0.3) is 0 Å². The van der Waals surface area contributed by atoms with E-state index in [1.165, 1.54) is 19.3 Å². The summed E-state index contributed by atoms with van der Waals surface area (Å²) in [7, 11) is 1.69. The van der Waals surface area contributed by atoms with Crippen LogP contribution in [0, 0.1) is 0 Å². The molecule has 1 aliphatic rings. The summed E-state index contributed by atoms with van der Waals surface area (Å²) in [6, 6.07) is 8.14. The van der Waals surface area contributed by atoms with Gasteiger partial charge in [0.1, 0.15) is 12.4 Å². The molecule has 0 atom stereocenters. The highest BCUT2D eigenvalue weighted by Gasteiger charge is 2.15. The zero-order chi connectivity index (χ0) is 18.6. The number of nitrogens with zero attached hydrogens (tertiary/aromatic N) is 1. The largest absolute Gasteiger partial charge is 0.489 e. The smallest absolute Gasteiger partial charge is 0.239 e. The van der Waals surface area contributed by atoms with Gasteiger partial charge in [0, 0.05) is 25.2 Å². The van der Waals surface area contributed by atoms with Gasteiger partial charge < -0.3 is 20.7 Å². The van der Waals surface area contributed by atoms with E-state index in [1.54, 1.807) is 13.1 Å². The number of carbonyl (C=O) groups is 1. The van der Waals surface area contributed by atoms with Gasteiger partial charge in [-0.25, -0.2) is 0 Å². The van der Waals surface area contributed by atoms with E-state index in [1.807, 2.05) is 24.3 Å². The molecule has 1 aliphatic carbocycles. The Morgan fingerprint density at radius 1 is 1.26 bits per heavy atom. The van der Waals surface area contributed by atoms with Crippen molar-refractivity contribution in [2.24, 2.45) is 4.99 Å². The summed E-state index contributed by atoms with van der Waals surface area (Å²) < 4.78 is 5.65. The summed E-state index contributed by atoms with van der Waals surface area (Å²) in [5.74, 6) is 1.40. The van der Waals surface area contributed by atoms with Crippen molar-refractivity contribution in [3.8, 4) is 5.75 Å². The fraction of sp³-hybridized carbons (Fsp3) is 0.500. The number of aliphatic imine (C=N–C) groups is 1. The molecule has 0 radical (unpaired) electrons. The van der Waals surface area contributed by atoms with E-state index in [-0.39, 0.29) is 36.4 Å². The summed E-state index contributed by atoms with van der Waals surface area (Å²) in [5.41, 5.74) is 1.02. The minimum absolute atomic E-state index is 0. The third-order valence-corrected chi connectivity index (χ3v) is 4.39. The zero-order valence-electron chi connectivity index (χ0n) is 16.0. The van der Waals surface area contributed by atoms with Crippen LogP contribution in [0.5, 0.6) is 5.75 Å². The van der Waals surface area contributed by atoms with Crippen LogP contribution in [0.1, 0.15) is 37.7 Å². The first kappa shape index (κ1) is 23.3. The molecule has 150 valence electrons. The van der Waals surface area contributed by atoms with Crippen molar-refractivity contribution < 1.29 is 9.53 Å². The molecule has 7 heteroatoms. The average molecular weight is 486 g/mol. The summed E-state index contributed by atoms with van der Waals surface area (Å²) in [5, 5.41) is 9.37. The number of rotatable bonds is 8. The minimum atomic E-state index is 0. The number of amides is 1. The number of nitrogens with one attached hydrogen (secondary N) is 3. The molecule has 6 nitrogen and oxygen atoms in total. The van der Waals surface area contributed by atoms with Crippen molar-refractivity contribution in [3.63, 3.8) is 0 Å². The summed E-state index contributed by atoms with van der Waals surface area (Å²) in [4.78, 5) is 16.3. The Hall–Kier alpha value is -1.77. The Labute approximate surface area is 179 Å². The maximum atomic E-state index is 12.1. The van der Waals surface area contributed by atoms with Crippen molar-refractivity contribution in [2.75, 3.05) is 20.2 Å². The molecule has 0 aromatic heterocycles. The van der Waals surface area contributed by atoms with Crippen LogP contribution in [0.3, 0.4) is 0 Å². The maximum absolute atomic E-state index is 12.1. The molecular weight excluding hydrogens is 455 g/mol. The summed E-state index contributed by atoms with van der Waals surface area (Å²) in [6.45, 7) is 4.90. The minimum Gasteiger partial charge on any atom is -0.489 e. The van der Waals surface area contributed by atoms with Crippen molar-refractivity contribution in [1.82, 2.24) is 16.0 Å². The topological polar surface area (TPSA) is 74.8 Å². The second-order valence-corrected chi connectivity index (χ2v) is 6.39. The van der Waals surface area contributed by atoms with Gasteiger partial charge in [-0.2, -0.15) is 0 Å². The standard InChI is InChI=1S/C20H30N4O2.HI/c1-3-13-26-18-12-8-7-9-16(18)14-22-20(21-2)23-15-19(25)24-17-10-5-4-6-11-17;/h3,7-9,12,17H,1,4-6,10-11,13-15H2,2H3,(H,24,25)(H2,21,22,23);1H. The van der Waals surface area contributed by atoms with Gasteiger partial charge >= 0.3 is 0 Å². The second kappa shape index (κ2) is 13.4. The molecular formula is C20H31IN4O2. The fourth-order valence-corrected chi connectivity index (χ4v) is 3.03. The lowest BCUT2D eigenvalue weighted by atomic mass is 9.95. The SMILES string of the molecule is C=CCOc1ccccc1CNC(=NC)NCC(=O)NC1CCCCC1.I. The van der Waals surface area contributed by atoms with E-state index >= 15 is 0 Å². The number of para-hydroxylation sites is 1. The monoisotopic (exact) mass is 486 g/mol. The lowest BCUT2D eigenvalue weighted by molar-refractivity contribution is -0.120. The Balaban J connectivity index is 0.00000364. The first-order valence-corrected chi connectivity index (χ1v) is 9.28. The predicted octanol–water partition coefficient (Wildman–Crippen LogP) is 2.98. The van der Waals surface area contributed by atoms with Gasteiger partial charge in [0.25, 0.3) is 0 Å². The molecule has 0 saturated heterocycles. The van der Waals surface area contributed by atoms with Crippen molar-refractivity contribution >= 4 is 35.8 Å². The van der Waals surface area contributed by atoms with Crippen LogP contribution in [-0.2, 0) is 11.3 Å². The summed E-state index contributed by atoms with van der Waals surface area (Å²) in [6.07, 6.45) is 7.57. The molecule has 0 unspecified atom stereocenters. The highest BCUT2D eigenvalue weighted by atomic mass is 127. The third-order valence-electron chi connectivity index (χ3n) is 4.39. The molecule has 3 N–H and O–H groups in total. The molecule has 0 heterocycles. The van der Waals surface area contributed by atoms with E-state index in [0.29, 0.717) is 25.2 Å². The van der Waals surface area contributed by atoms with Crippen LogP contribution >= 0.6 is 24.0 Å². The lowest BCUT2D eigenvalue weighted by Gasteiger charge is -2.23. The maximum Gasteiger partial charge on any atom is 0.239 e. The Bertz CT molecular complexity index is 616. The number of carbonyl (C=O) groups excluding carboxylic acids is 1. The number of hydrogen-bond donors (Lipinski definition) is 3. The number of guanidine groups is 1. The molecule has 1 fully saturated rings. The molecule has 0 aliphatic heterocycles. The van der Waals surface area contributed by atoms with E-state index in [4.69, 9.17) is 4.74 Å². The molecule has 1 aromatic carbocycles. The number of benzene rings is 1. The first-order chi connectivity index (χ1) is 12.7. The second-order valence-electron chi connectivity index (χ2n) is 6.39. The van der Waals surface area contributed by atoms with Gasteiger partial charge in [0.15, 0.2) is 5.96 Å². The molecule has 27 heavy (non-hydrogen) atoms. The van der Waals surface area contributed by atoms with Crippen LogP contribution in [0.4, 0.5) is 0 Å². The molecule has 2 rings (SSSR count). The number of hydrogen-bond acceptors (Lipinski definition) is 3. The molecule has 0 spiro atoms. The number of halogens is 1. The number of ether oxygens (including phenoxy) is 1. The van der Waals surface area contributed by atoms with E-state index in [0.717, 1.165) is 24.2 Å². The van der Waals surface area contributed by atoms with Crippen LogP contribution < -0.4 is 20.7 Å². The van der Waals surface area contributed by atoms with E-state index < -0.39 is 0 Å². The van der Waals surface area contributed by atoms with E-state index in [9.17, 15) is 4.79 Å².